The van der Waals surface area contributed by atoms with Crippen LogP contribution < -0.4 is 26.4 Å². The number of benzene rings is 1. The van der Waals surface area contributed by atoms with Crippen molar-refractivity contribution in [1.82, 2.24) is 30.0 Å². The summed E-state index contributed by atoms with van der Waals surface area (Å²) in [5.41, 5.74) is 3.23. The number of piperazine rings is 1. The van der Waals surface area contributed by atoms with Gasteiger partial charge >= 0.3 is 0 Å². The number of amides is 1. The second kappa shape index (κ2) is 11.9. The van der Waals surface area contributed by atoms with Gasteiger partial charge in [0.2, 0.25) is 5.95 Å². The van der Waals surface area contributed by atoms with Crippen LogP contribution in [0.5, 0.6) is 0 Å². The quantitative estimate of drug-likeness (QED) is 0.368. The Bertz CT molecular complexity index is 1360. The van der Waals surface area contributed by atoms with Crippen LogP contribution in [-0.4, -0.2) is 70.3 Å². The summed E-state index contributed by atoms with van der Waals surface area (Å²) in [7, 11) is 2.14. The van der Waals surface area contributed by atoms with Gasteiger partial charge < -0.3 is 25.8 Å². The van der Waals surface area contributed by atoms with Crippen molar-refractivity contribution in [2.75, 3.05) is 55.3 Å². The molecule has 0 saturated carbocycles. The summed E-state index contributed by atoms with van der Waals surface area (Å²) in [5.74, 6) is 0.601. The maximum Gasteiger partial charge on any atom is 0.267 e. The van der Waals surface area contributed by atoms with E-state index in [9.17, 15) is 9.59 Å². The lowest BCUT2D eigenvalue weighted by Gasteiger charge is -2.35. The van der Waals surface area contributed by atoms with Crippen LogP contribution in [0.3, 0.4) is 0 Å². The number of nitrogens with one attached hydrogen (secondary N) is 3. The van der Waals surface area contributed by atoms with E-state index in [2.05, 4.69) is 73.5 Å². The molecule has 1 aromatic carbocycles. The van der Waals surface area contributed by atoms with Gasteiger partial charge in [-0.25, -0.2) is 9.67 Å². The highest BCUT2D eigenvalue weighted by atomic mass is 16.1. The molecule has 0 atom stereocenters. The Hall–Kier alpha value is -4.25. The summed E-state index contributed by atoms with van der Waals surface area (Å²) in [5, 5.41) is 13.5. The Balaban J connectivity index is 1.60. The first kappa shape index (κ1) is 26.8. The van der Waals surface area contributed by atoms with Crippen LogP contribution in [0, 0.1) is 6.92 Å². The van der Waals surface area contributed by atoms with Crippen LogP contribution in [0.1, 0.15) is 35.8 Å². The Morgan fingerprint density at radius 3 is 2.58 bits per heavy atom. The fourth-order valence-electron chi connectivity index (χ4n) is 4.21. The zero-order valence-electron chi connectivity index (χ0n) is 22.4. The molecule has 11 nitrogen and oxygen atoms in total. The molecule has 1 aliphatic rings. The third-order valence-electron chi connectivity index (χ3n) is 6.30. The second-order valence-corrected chi connectivity index (χ2v) is 9.59. The molecule has 0 bridgehead atoms. The minimum Gasteiger partial charge on any atom is -0.369 e. The molecule has 3 heterocycles. The van der Waals surface area contributed by atoms with Crippen LogP contribution in [0.4, 0.5) is 29.0 Å². The normalized spacial score (nSPS) is 13.9. The smallest absolute Gasteiger partial charge is 0.267 e. The summed E-state index contributed by atoms with van der Waals surface area (Å²) < 4.78 is 1.37. The molecule has 1 fully saturated rings. The minimum atomic E-state index is -0.358. The maximum atomic E-state index is 12.8. The van der Waals surface area contributed by atoms with E-state index in [4.69, 9.17) is 0 Å². The molecule has 3 aromatic rings. The Labute approximate surface area is 222 Å². The first-order valence-corrected chi connectivity index (χ1v) is 12.7. The number of carbonyl (C=O) groups is 1. The molecule has 11 heteroatoms. The predicted octanol–water partition coefficient (Wildman–Crippen LogP) is 3.08. The van der Waals surface area contributed by atoms with E-state index < -0.39 is 0 Å². The van der Waals surface area contributed by atoms with Crippen molar-refractivity contribution >= 4 is 34.9 Å². The molecule has 0 spiro atoms. The first-order chi connectivity index (χ1) is 18.2. The number of likely N-dealkylation sites (N-methyl/N-ethyl adjacent to an activating group) is 1. The van der Waals surface area contributed by atoms with Crippen molar-refractivity contribution in [2.45, 2.75) is 26.8 Å². The van der Waals surface area contributed by atoms with Crippen molar-refractivity contribution in [1.29, 1.82) is 0 Å². The highest BCUT2D eigenvalue weighted by molar-refractivity contribution is 5.99. The average Bonchev–Trinajstić information content (AvgIpc) is 2.89. The van der Waals surface area contributed by atoms with E-state index in [0.717, 1.165) is 37.4 Å². The number of carbonyl (C=O) groups excluding carboxylic acids is 1. The molecule has 1 amide bonds. The van der Waals surface area contributed by atoms with Crippen molar-refractivity contribution in [3.8, 4) is 0 Å². The molecule has 2 aromatic heterocycles. The Morgan fingerprint density at radius 2 is 1.89 bits per heavy atom. The Kier molecular flexibility index (Phi) is 8.37. The standard InChI is InChI=1S/C27H35N9O2/c1-6-11-28-26(38)21-17-29-27(32-25(21)31-23-9-10-24(37)36(33-23)18(2)3)30-20-7-8-22(19(4)16-20)35-14-12-34(5)13-15-35/h6-10,16-18H,1,11-15H2,2-5H3,(H,28,38)(H2,29,30,31,32,33). The third kappa shape index (κ3) is 6.35. The van der Waals surface area contributed by atoms with Crippen LogP contribution in [0.25, 0.3) is 0 Å². The number of hydrogen-bond donors (Lipinski definition) is 3. The van der Waals surface area contributed by atoms with Crippen LogP contribution in [0.15, 0.2) is 54.0 Å². The van der Waals surface area contributed by atoms with Crippen LogP contribution >= 0.6 is 0 Å². The van der Waals surface area contributed by atoms with Crippen LogP contribution in [-0.2, 0) is 0 Å². The van der Waals surface area contributed by atoms with E-state index in [1.165, 1.54) is 22.6 Å². The highest BCUT2D eigenvalue weighted by Gasteiger charge is 2.18. The summed E-state index contributed by atoms with van der Waals surface area (Å²) >= 11 is 0. The lowest BCUT2D eigenvalue weighted by Crippen LogP contribution is -2.44. The van der Waals surface area contributed by atoms with Gasteiger partial charge in [-0.15, -0.1) is 6.58 Å². The number of anilines is 5. The number of hydrogen-bond acceptors (Lipinski definition) is 9. The number of rotatable bonds is 9. The van der Waals surface area contributed by atoms with E-state index in [-0.39, 0.29) is 28.9 Å². The third-order valence-corrected chi connectivity index (χ3v) is 6.30. The summed E-state index contributed by atoms with van der Waals surface area (Å²) in [6.45, 7) is 13.8. The largest absolute Gasteiger partial charge is 0.369 e. The number of aromatic nitrogens is 4. The minimum absolute atomic E-state index is 0.126. The van der Waals surface area contributed by atoms with Gasteiger partial charge in [-0.3, -0.25) is 9.59 Å². The van der Waals surface area contributed by atoms with E-state index in [1.807, 2.05) is 19.9 Å². The van der Waals surface area contributed by atoms with Crippen molar-refractivity contribution in [3.05, 3.63) is 70.7 Å². The Morgan fingerprint density at radius 1 is 1.13 bits per heavy atom. The fraction of sp³-hybridized carbons (Fsp3) is 0.370. The van der Waals surface area contributed by atoms with Crippen LogP contribution in [0.2, 0.25) is 0 Å². The molecule has 200 valence electrons. The molecule has 38 heavy (non-hydrogen) atoms. The summed E-state index contributed by atoms with van der Waals surface area (Å²) in [6, 6.07) is 9.04. The van der Waals surface area contributed by atoms with Gasteiger partial charge in [0.15, 0.2) is 5.82 Å². The zero-order valence-corrected chi connectivity index (χ0v) is 22.4. The van der Waals surface area contributed by atoms with Crippen molar-refractivity contribution in [3.63, 3.8) is 0 Å². The van der Waals surface area contributed by atoms with Gasteiger partial charge in [0.1, 0.15) is 11.4 Å². The number of nitrogens with zero attached hydrogens (tertiary/aromatic N) is 6. The fourth-order valence-corrected chi connectivity index (χ4v) is 4.21. The average molecular weight is 518 g/mol. The SMILES string of the molecule is C=CCNC(=O)c1cnc(Nc2ccc(N3CCN(C)CC3)c(C)c2)nc1Nc1ccc(=O)n(C(C)C)n1. The zero-order chi connectivity index (χ0) is 27.2. The van der Waals surface area contributed by atoms with Gasteiger partial charge in [0, 0.05) is 56.4 Å². The first-order valence-electron chi connectivity index (χ1n) is 12.7. The molecular formula is C27H35N9O2. The topological polar surface area (TPSA) is 120 Å². The maximum absolute atomic E-state index is 12.8. The van der Waals surface area contributed by atoms with Gasteiger partial charge in [0.05, 0.1) is 6.04 Å². The van der Waals surface area contributed by atoms with Gasteiger partial charge in [-0.2, -0.15) is 10.1 Å². The van der Waals surface area contributed by atoms with E-state index in [1.54, 1.807) is 12.1 Å². The lowest BCUT2D eigenvalue weighted by molar-refractivity contribution is 0.0958. The van der Waals surface area contributed by atoms with Gasteiger partial charge in [-0.05, 0) is 57.6 Å². The monoisotopic (exact) mass is 517 g/mol. The van der Waals surface area contributed by atoms with E-state index >= 15 is 0 Å². The molecule has 1 saturated heterocycles. The summed E-state index contributed by atoms with van der Waals surface area (Å²) in [6.07, 6.45) is 3.05. The van der Waals surface area contributed by atoms with Gasteiger partial charge in [-0.1, -0.05) is 6.08 Å². The predicted molar refractivity (Wildman–Crippen MR) is 151 cm³/mol. The second-order valence-electron chi connectivity index (χ2n) is 9.59. The highest BCUT2D eigenvalue weighted by Crippen LogP contribution is 2.27. The molecule has 0 aliphatic carbocycles. The number of aryl methyl sites for hydroxylation is 1. The lowest BCUT2D eigenvalue weighted by atomic mass is 10.1. The van der Waals surface area contributed by atoms with E-state index in [0.29, 0.717) is 18.3 Å². The van der Waals surface area contributed by atoms with Crippen molar-refractivity contribution in [2.24, 2.45) is 0 Å². The van der Waals surface area contributed by atoms with Crippen molar-refractivity contribution < 1.29 is 4.79 Å². The molecule has 3 N–H and O–H groups in total. The molecule has 4 rings (SSSR count). The van der Waals surface area contributed by atoms with Gasteiger partial charge in [0.25, 0.3) is 11.5 Å². The molecule has 0 unspecified atom stereocenters. The molecular weight excluding hydrogens is 482 g/mol. The summed E-state index contributed by atoms with van der Waals surface area (Å²) in [4.78, 5) is 38.6. The molecule has 1 aliphatic heterocycles. The molecule has 0 radical (unpaired) electrons.